The standard InChI is InChI=1S/C10H13FO2/c1-13-10-4-2-8(3-5-10)6-9(11)7-12/h2-5,9,12H,6-7H2,1H3/t9-/m0/s1. The lowest BCUT2D eigenvalue weighted by Crippen LogP contribution is -2.09. The number of aliphatic hydroxyl groups is 1. The highest BCUT2D eigenvalue weighted by atomic mass is 19.1. The smallest absolute Gasteiger partial charge is 0.127 e. The van der Waals surface area contributed by atoms with Crippen LogP contribution < -0.4 is 4.74 Å². The lowest BCUT2D eigenvalue weighted by molar-refractivity contribution is 0.177. The molecule has 1 rings (SSSR count). The van der Waals surface area contributed by atoms with Gasteiger partial charge in [-0.25, -0.2) is 4.39 Å². The van der Waals surface area contributed by atoms with Crippen molar-refractivity contribution in [3.8, 4) is 5.75 Å². The molecule has 1 aromatic carbocycles. The fourth-order valence-corrected chi connectivity index (χ4v) is 1.08. The van der Waals surface area contributed by atoms with Crippen molar-refractivity contribution < 1.29 is 14.2 Å². The maximum atomic E-state index is 12.7. The number of ether oxygens (including phenoxy) is 1. The van der Waals surface area contributed by atoms with Crippen molar-refractivity contribution >= 4 is 0 Å². The van der Waals surface area contributed by atoms with Gasteiger partial charge in [-0.1, -0.05) is 12.1 Å². The summed E-state index contributed by atoms with van der Waals surface area (Å²) in [6.45, 7) is -0.425. The van der Waals surface area contributed by atoms with Crippen LogP contribution in [-0.2, 0) is 6.42 Å². The third kappa shape index (κ3) is 3.03. The zero-order valence-corrected chi connectivity index (χ0v) is 7.53. The quantitative estimate of drug-likeness (QED) is 0.769. The van der Waals surface area contributed by atoms with Gasteiger partial charge in [0.1, 0.15) is 11.9 Å². The molecule has 0 aliphatic rings. The lowest BCUT2D eigenvalue weighted by atomic mass is 10.1. The summed E-state index contributed by atoms with van der Waals surface area (Å²) in [6, 6.07) is 7.14. The summed E-state index contributed by atoms with van der Waals surface area (Å²) in [5.41, 5.74) is 0.863. The minimum absolute atomic E-state index is 0.250. The molecule has 2 nitrogen and oxygen atoms in total. The van der Waals surface area contributed by atoms with Crippen LogP contribution in [0.25, 0.3) is 0 Å². The Labute approximate surface area is 77.0 Å². The van der Waals surface area contributed by atoms with E-state index in [2.05, 4.69) is 0 Å². The van der Waals surface area contributed by atoms with Crippen LogP contribution in [0.1, 0.15) is 5.56 Å². The molecule has 0 fully saturated rings. The molecule has 0 saturated heterocycles. The van der Waals surface area contributed by atoms with Crippen LogP contribution in [0.5, 0.6) is 5.75 Å². The molecule has 0 radical (unpaired) electrons. The van der Waals surface area contributed by atoms with E-state index >= 15 is 0 Å². The van der Waals surface area contributed by atoms with E-state index in [0.29, 0.717) is 0 Å². The third-order valence-corrected chi connectivity index (χ3v) is 1.81. The fourth-order valence-electron chi connectivity index (χ4n) is 1.08. The summed E-state index contributed by atoms with van der Waals surface area (Å²) in [7, 11) is 1.58. The van der Waals surface area contributed by atoms with Crippen molar-refractivity contribution in [1.29, 1.82) is 0 Å². The predicted molar refractivity (Wildman–Crippen MR) is 48.7 cm³/mol. The highest BCUT2D eigenvalue weighted by Gasteiger charge is 2.05. The second-order valence-electron chi connectivity index (χ2n) is 2.83. The Bertz CT molecular complexity index is 246. The first-order valence-corrected chi connectivity index (χ1v) is 4.14. The van der Waals surface area contributed by atoms with Crippen molar-refractivity contribution in [3.63, 3.8) is 0 Å². The molecule has 3 heteroatoms. The normalized spacial score (nSPS) is 12.5. The Balaban J connectivity index is 2.58. The average molecular weight is 184 g/mol. The lowest BCUT2D eigenvalue weighted by Gasteiger charge is -2.05. The van der Waals surface area contributed by atoms with E-state index < -0.39 is 12.8 Å². The summed E-state index contributed by atoms with van der Waals surface area (Å²) in [5.74, 6) is 0.753. The van der Waals surface area contributed by atoms with Gasteiger partial charge in [0.15, 0.2) is 0 Å². The number of rotatable bonds is 4. The number of methoxy groups -OCH3 is 1. The van der Waals surface area contributed by atoms with Gasteiger partial charge in [0.05, 0.1) is 13.7 Å². The van der Waals surface area contributed by atoms with Crippen molar-refractivity contribution in [2.24, 2.45) is 0 Å². The van der Waals surface area contributed by atoms with Crippen LogP contribution in [0.3, 0.4) is 0 Å². The van der Waals surface area contributed by atoms with Gasteiger partial charge in [0.25, 0.3) is 0 Å². The average Bonchev–Trinajstić information content (AvgIpc) is 2.19. The van der Waals surface area contributed by atoms with Crippen molar-refractivity contribution in [2.75, 3.05) is 13.7 Å². The minimum atomic E-state index is -1.17. The molecule has 0 amide bonds. The topological polar surface area (TPSA) is 29.5 Å². The van der Waals surface area contributed by atoms with Crippen LogP contribution in [-0.4, -0.2) is 25.0 Å². The largest absolute Gasteiger partial charge is 0.497 e. The molecule has 0 bridgehead atoms. The zero-order chi connectivity index (χ0) is 9.68. The fraction of sp³-hybridized carbons (Fsp3) is 0.400. The number of benzene rings is 1. The molecule has 0 unspecified atom stereocenters. The zero-order valence-electron chi connectivity index (χ0n) is 7.53. The Morgan fingerprint density at radius 3 is 2.46 bits per heavy atom. The third-order valence-electron chi connectivity index (χ3n) is 1.81. The van der Waals surface area contributed by atoms with Gasteiger partial charge in [-0.15, -0.1) is 0 Å². The number of alkyl halides is 1. The van der Waals surface area contributed by atoms with Crippen molar-refractivity contribution in [1.82, 2.24) is 0 Å². The summed E-state index contributed by atoms with van der Waals surface area (Å²) in [6.07, 6.45) is -0.922. The van der Waals surface area contributed by atoms with Crippen LogP contribution in [0, 0.1) is 0 Å². The molecule has 0 spiro atoms. The van der Waals surface area contributed by atoms with E-state index in [1.807, 2.05) is 0 Å². The highest BCUT2D eigenvalue weighted by Crippen LogP contribution is 2.13. The van der Waals surface area contributed by atoms with Gasteiger partial charge >= 0.3 is 0 Å². The Morgan fingerprint density at radius 2 is 2.00 bits per heavy atom. The van der Waals surface area contributed by atoms with Gasteiger partial charge in [-0.2, -0.15) is 0 Å². The first-order chi connectivity index (χ1) is 6.26. The Hall–Kier alpha value is -1.09. The molecule has 0 saturated carbocycles. The first kappa shape index (κ1) is 9.99. The number of hydrogen-bond donors (Lipinski definition) is 1. The molecular formula is C10H13FO2. The van der Waals surface area contributed by atoms with Gasteiger partial charge in [0, 0.05) is 6.42 Å². The monoisotopic (exact) mass is 184 g/mol. The van der Waals surface area contributed by atoms with Crippen molar-refractivity contribution in [3.05, 3.63) is 29.8 Å². The Kier molecular flexibility index (Phi) is 3.71. The van der Waals surface area contributed by atoms with Crippen LogP contribution in [0.15, 0.2) is 24.3 Å². The summed E-state index contributed by atoms with van der Waals surface area (Å²) in [4.78, 5) is 0. The van der Waals surface area contributed by atoms with E-state index in [1.165, 1.54) is 0 Å². The number of aliphatic hydroxyl groups excluding tert-OH is 1. The van der Waals surface area contributed by atoms with Gasteiger partial charge < -0.3 is 9.84 Å². The molecule has 0 aliphatic carbocycles. The van der Waals surface area contributed by atoms with E-state index in [0.717, 1.165) is 11.3 Å². The van der Waals surface area contributed by atoms with Crippen LogP contribution in [0.2, 0.25) is 0 Å². The van der Waals surface area contributed by atoms with E-state index in [4.69, 9.17) is 9.84 Å². The molecule has 1 aromatic rings. The molecular weight excluding hydrogens is 171 g/mol. The van der Waals surface area contributed by atoms with E-state index in [-0.39, 0.29) is 6.42 Å². The second kappa shape index (κ2) is 4.82. The van der Waals surface area contributed by atoms with Crippen molar-refractivity contribution in [2.45, 2.75) is 12.6 Å². The summed E-state index contributed by atoms with van der Waals surface area (Å²) >= 11 is 0. The maximum absolute atomic E-state index is 12.7. The second-order valence-corrected chi connectivity index (χ2v) is 2.83. The number of hydrogen-bond acceptors (Lipinski definition) is 2. The van der Waals surface area contributed by atoms with E-state index in [1.54, 1.807) is 31.4 Å². The predicted octanol–water partition coefficient (Wildman–Crippen LogP) is 1.57. The summed E-state index contributed by atoms with van der Waals surface area (Å²) in [5, 5.41) is 8.50. The molecule has 0 aromatic heterocycles. The van der Waals surface area contributed by atoms with Gasteiger partial charge in [-0.05, 0) is 17.7 Å². The highest BCUT2D eigenvalue weighted by molar-refractivity contribution is 5.27. The maximum Gasteiger partial charge on any atom is 0.127 e. The van der Waals surface area contributed by atoms with Gasteiger partial charge in [0.2, 0.25) is 0 Å². The van der Waals surface area contributed by atoms with Crippen LogP contribution in [0.4, 0.5) is 4.39 Å². The van der Waals surface area contributed by atoms with Crippen LogP contribution >= 0.6 is 0 Å². The Morgan fingerprint density at radius 1 is 1.38 bits per heavy atom. The molecule has 0 heterocycles. The molecule has 72 valence electrons. The minimum Gasteiger partial charge on any atom is -0.497 e. The molecule has 0 aliphatic heterocycles. The molecule has 1 atom stereocenters. The summed E-state index contributed by atoms with van der Waals surface area (Å²) < 4.78 is 17.7. The SMILES string of the molecule is COc1ccc(C[C@H](F)CO)cc1. The number of halogens is 1. The molecule has 13 heavy (non-hydrogen) atoms. The first-order valence-electron chi connectivity index (χ1n) is 4.14. The van der Waals surface area contributed by atoms with E-state index in [9.17, 15) is 4.39 Å². The molecule has 1 N–H and O–H groups in total. The van der Waals surface area contributed by atoms with Gasteiger partial charge in [-0.3, -0.25) is 0 Å².